The first-order valence-electron chi connectivity index (χ1n) is 11.8. The van der Waals surface area contributed by atoms with Gasteiger partial charge in [0.2, 0.25) is 11.8 Å². The van der Waals surface area contributed by atoms with E-state index in [1.165, 1.54) is 16.4 Å². The number of carbonyl (C=O) groups excluding carboxylic acids is 2. The van der Waals surface area contributed by atoms with Crippen molar-refractivity contribution in [1.82, 2.24) is 19.7 Å². The zero-order valence-corrected chi connectivity index (χ0v) is 20.8. The summed E-state index contributed by atoms with van der Waals surface area (Å²) in [5.74, 6) is 1.63. The molecular formula is C26H34N6O3. The zero-order chi connectivity index (χ0) is 25.2. The summed E-state index contributed by atoms with van der Waals surface area (Å²) in [6.45, 7) is 7.60. The highest BCUT2D eigenvalue weighted by atomic mass is 16.5. The van der Waals surface area contributed by atoms with Crippen molar-refractivity contribution in [2.24, 2.45) is 0 Å². The van der Waals surface area contributed by atoms with Crippen molar-refractivity contribution in [2.45, 2.75) is 39.7 Å². The lowest BCUT2D eigenvalue weighted by Crippen LogP contribution is -2.33. The highest BCUT2D eigenvalue weighted by molar-refractivity contribution is 5.90. The molecular weight excluding hydrogens is 444 g/mol. The van der Waals surface area contributed by atoms with E-state index in [4.69, 9.17) is 4.74 Å². The smallest absolute Gasteiger partial charge is 0.244 e. The number of nitrogens with one attached hydrogen (secondary N) is 2. The van der Waals surface area contributed by atoms with Crippen LogP contribution in [-0.2, 0) is 16.1 Å². The van der Waals surface area contributed by atoms with Crippen molar-refractivity contribution in [3.05, 3.63) is 66.1 Å². The van der Waals surface area contributed by atoms with Crippen LogP contribution >= 0.6 is 0 Å². The molecule has 0 spiro atoms. The molecule has 0 saturated carbocycles. The van der Waals surface area contributed by atoms with Gasteiger partial charge in [0, 0.05) is 31.9 Å². The van der Waals surface area contributed by atoms with E-state index in [1.807, 2.05) is 49.4 Å². The number of benzene rings is 1. The van der Waals surface area contributed by atoms with Crippen LogP contribution in [0.25, 0.3) is 0 Å². The van der Waals surface area contributed by atoms with Gasteiger partial charge in [-0.15, -0.1) is 0 Å². The Morgan fingerprint density at radius 1 is 1.14 bits per heavy atom. The average molecular weight is 479 g/mol. The second-order valence-corrected chi connectivity index (χ2v) is 8.73. The lowest BCUT2D eigenvalue weighted by atomic mass is 10.1. The average Bonchev–Trinajstić information content (AvgIpc) is 3.26. The Kier molecular flexibility index (Phi) is 9.23. The van der Waals surface area contributed by atoms with Crippen molar-refractivity contribution >= 4 is 23.3 Å². The third-order valence-electron chi connectivity index (χ3n) is 5.38. The van der Waals surface area contributed by atoms with Gasteiger partial charge in [-0.25, -0.2) is 4.98 Å². The molecule has 2 amide bonds. The minimum Gasteiger partial charge on any atom is -0.492 e. The maximum absolute atomic E-state index is 12.5. The summed E-state index contributed by atoms with van der Waals surface area (Å²) in [4.78, 5) is 30.9. The summed E-state index contributed by atoms with van der Waals surface area (Å²) in [6, 6.07) is 13.6. The van der Waals surface area contributed by atoms with Crippen LogP contribution in [-0.4, -0.2) is 58.2 Å². The van der Waals surface area contributed by atoms with Crippen molar-refractivity contribution in [2.75, 3.05) is 37.4 Å². The normalized spacial score (nSPS) is 10.8. The number of aryl methyl sites for hydroxylation is 1. The lowest BCUT2D eigenvalue weighted by Gasteiger charge is -2.17. The highest BCUT2D eigenvalue weighted by Gasteiger charge is 2.12. The molecule has 186 valence electrons. The fourth-order valence-corrected chi connectivity index (χ4v) is 3.23. The molecule has 0 bridgehead atoms. The van der Waals surface area contributed by atoms with Crippen molar-refractivity contribution in [3.63, 3.8) is 0 Å². The van der Waals surface area contributed by atoms with E-state index in [9.17, 15) is 9.59 Å². The Bertz CT molecular complexity index is 1110. The third-order valence-corrected chi connectivity index (χ3v) is 5.38. The standard InChI is InChI=1S/C26H34N6O3/c1-19(2)23-6-5-7-24(30-23)27-13-12-25(33)29-21-16-28-32(17-21)18-26(34)31(4)14-15-35-22-10-8-20(3)9-11-22/h5-11,16-17,19H,12-15,18H2,1-4H3,(H,27,30)(H,29,33). The van der Waals surface area contributed by atoms with E-state index in [0.717, 1.165) is 17.3 Å². The van der Waals surface area contributed by atoms with Crippen molar-refractivity contribution in [3.8, 4) is 5.75 Å². The number of carbonyl (C=O) groups is 2. The van der Waals surface area contributed by atoms with Gasteiger partial charge in [0.1, 0.15) is 24.7 Å². The van der Waals surface area contributed by atoms with Gasteiger partial charge in [0.25, 0.3) is 0 Å². The van der Waals surface area contributed by atoms with Gasteiger partial charge in [0.15, 0.2) is 0 Å². The van der Waals surface area contributed by atoms with Gasteiger partial charge in [0.05, 0.1) is 18.4 Å². The topological polar surface area (TPSA) is 101 Å². The predicted octanol–water partition coefficient (Wildman–Crippen LogP) is 3.69. The number of pyridine rings is 1. The van der Waals surface area contributed by atoms with E-state index in [0.29, 0.717) is 31.3 Å². The van der Waals surface area contributed by atoms with E-state index in [-0.39, 0.29) is 24.8 Å². The number of anilines is 2. The molecule has 0 saturated heterocycles. The molecule has 3 aromatic rings. The fourth-order valence-electron chi connectivity index (χ4n) is 3.23. The Labute approximate surface area is 206 Å². The summed E-state index contributed by atoms with van der Waals surface area (Å²) in [5.41, 5.74) is 2.72. The summed E-state index contributed by atoms with van der Waals surface area (Å²) >= 11 is 0. The predicted molar refractivity (Wildman–Crippen MR) is 137 cm³/mol. The van der Waals surface area contributed by atoms with Gasteiger partial charge in [-0.3, -0.25) is 14.3 Å². The second kappa shape index (κ2) is 12.5. The number of amides is 2. The van der Waals surface area contributed by atoms with Crippen LogP contribution in [0.5, 0.6) is 5.75 Å². The minimum atomic E-state index is -0.145. The zero-order valence-electron chi connectivity index (χ0n) is 20.8. The molecule has 0 radical (unpaired) electrons. The summed E-state index contributed by atoms with van der Waals surface area (Å²) in [6.07, 6.45) is 3.46. The van der Waals surface area contributed by atoms with Crippen LogP contribution in [0.2, 0.25) is 0 Å². The second-order valence-electron chi connectivity index (χ2n) is 8.73. The van der Waals surface area contributed by atoms with Gasteiger partial charge in [-0.05, 0) is 37.1 Å². The minimum absolute atomic E-state index is 0.0797. The SMILES string of the molecule is Cc1ccc(OCCN(C)C(=O)Cn2cc(NC(=O)CCNc3cccc(C(C)C)n3)cn2)cc1. The molecule has 2 aromatic heterocycles. The molecule has 0 aliphatic rings. The quantitative estimate of drug-likeness (QED) is 0.412. The number of rotatable bonds is 12. The summed E-state index contributed by atoms with van der Waals surface area (Å²) in [7, 11) is 1.73. The van der Waals surface area contributed by atoms with Gasteiger partial charge >= 0.3 is 0 Å². The monoisotopic (exact) mass is 478 g/mol. The van der Waals surface area contributed by atoms with Crippen LogP contribution in [0, 0.1) is 6.92 Å². The molecule has 2 N–H and O–H groups in total. The van der Waals surface area contributed by atoms with Crippen molar-refractivity contribution < 1.29 is 14.3 Å². The number of hydrogen-bond donors (Lipinski definition) is 2. The van der Waals surface area contributed by atoms with E-state index < -0.39 is 0 Å². The molecule has 3 rings (SSSR count). The van der Waals surface area contributed by atoms with E-state index in [2.05, 4.69) is 34.6 Å². The Morgan fingerprint density at radius 3 is 2.66 bits per heavy atom. The van der Waals surface area contributed by atoms with Crippen LogP contribution in [0.1, 0.15) is 37.4 Å². The van der Waals surface area contributed by atoms with E-state index in [1.54, 1.807) is 18.1 Å². The number of aromatic nitrogens is 3. The molecule has 9 heteroatoms. The van der Waals surface area contributed by atoms with Crippen LogP contribution in [0.15, 0.2) is 54.9 Å². The van der Waals surface area contributed by atoms with Gasteiger partial charge in [-0.1, -0.05) is 37.6 Å². The summed E-state index contributed by atoms with van der Waals surface area (Å²) in [5, 5.41) is 10.2. The summed E-state index contributed by atoms with van der Waals surface area (Å²) < 4.78 is 7.19. The maximum Gasteiger partial charge on any atom is 0.244 e. The first-order chi connectivity index (χ1) is 16.8. The van der Waals surface area contributed by atoms with Crippen LogP contribution in [0.3, 0.4) is 0 Å². The van der Waals surface area contributed by atoms with E-state index >= 15 is 0 Å². The maximum atomic E-state index is 12.5. The highest BCUT2D eigenvalue weighted by Crippen LogP contribution is 2.14. The molecule has 0 aliphatic heterocycles. The fraction of sp³-hybridized carbons (Fsp3) is 0.385. The Morgan fingerprint density at radius 2 is 1.91 bits per heavy atom. The first-order valence-corrected chi connectivity index (χ1v) is 11.8. The number of ether oxygens (including phenoxy) is 1. The molecule has 35 heavy (non-hydrogen) atoms. The molecule has 9 nitrogen and oxygen atoms in total. The van der Waals surface area contributed by atoms with Crippen molar-refractivity contribution in [1.29, 1.82) is 0 Å². The number of nitrogens with zero attached hydrogens (tertiary/aromatic N) is 4. The Balaban J connectivity index is 1.37. The lowest BCUT2D eigenvalue weighted by molar-refractivity contribution is -0.131. The number of hydrogen-bond acceptors (Lipinski definition) is 6. The van der Waals surface area contributed by atoms with Gasteiger partial charge < -0.3 is 20.3 Å². The molecule has 1 aromatic carbocycles. The molecule has 0 unspecified atom stereocenters. The molecule has 0 aliphatic carbocycles. The molecule has 2 heterocycles. The van der Waals surface area contributed by atoms with Crippen LogP contribution in [0.4, 0.5) is 11.5 Å². The van der Waals surface area contributed by atoms with Crippen LogP contribution < -0.4 is 15.4 Å². The first kappa shape index (κ1) is 25.7. The molecule has 0 atom stereocenters. The van der Waals surface area contributed by atoms with Gasteiger partial charge in [-0.2, -0.15) is 5.10 Å². The number of likely N-dealkylation sites (N-methyl/N-ethyl adjacent to an activating group) is 1. The third kappa shape index (κ3) is 8.44. The Hall–Kier alpha value is -3.88. The largest absolute Gasteiger partial charge is 0.492 e. The molecule has 0 fully saturated rings.